The molecule has 28 heavy (non-hydrogen) atoms. The largest absolute Gasteiger partial charge is 0.459 e. The van der Waals surface area contributed by atoms with E-state index in [-0.39, 0.29) is 28.5 Å². The number of thioether (sulfide) groups is 1. The van der Waals surface area contributed by atoms with Crippen LogP contribution in [0.3, 0.4) is 0 Å². The molecule has 8 nitrogen and oxygen atoms in total. The van der Waals surface area contributed by atoms with Gasteiger partial charge in [0, 0.05) is 12.1 Å². The van der Waals surface area contributed by atoms with Crippen LogP contribution in [0.5, 0.6) is 0 Å². The Morgan fingerprint density at radius 1 is 1.36 bits per heavy atom. The van der Waals surface area contributed by atoms with E-state index in [4.69, 9.17) is 4.74 Å². The van der Waals surface area contributed by atoms with Crippen molar-refractivity contribution in [1.82, 2.24) is 4.90 Å². The third-order valence-electron chi connectivity index (χ3n) is 4.50. The lowest BCUT2D eigenvalue weighted by Gasteiger charge is -2.33. The fourth-order valence-electron chi connectivity index (χ4n) is 3.22. The number of allylic oxidation sites excluding steroid dienone is 1. The van der Waals surface area contributed by atoms with E-state index in [9.17, 15) is 19.7 Å². The van der Waals surface area contributed by atoms with Gasteiger partial charge in [-0.3, -0.25) is 19.8 Å². The molecule has 0 bridgehead atoms. The maximum Gasteiger partial charge on any atom is 0.338 e. The molecule has 2 atom stereocenters. The van der Waals surface area contributed by atoms with Crippen LogP contribution in [0.15, 0.2) is 40.5 Å². The second-order valence-corrected chi connectivity index (χ2v) is 7.99. The Labute approximate surface area is 166 Å². The number of non-ortho nitro benzene ring substituents is 1. The maximum atomic E-state index is 13.0. The minimum Gasteiger partial charge on any atom is -0.459 e. The average molecular weight is 403 g/mol. The number of nitro benzene ring substituents is 1. The number of nitrogens with zero attached hydrogens (tertiary/aromatic N) is 3. The number of hydrogen-bond acceptors (Lipinski definition) is 7. The number of amidine groups is 1. The summed E-state index contributed by atoms with van der Waals surface area (Å²) in [6, 6.07) is 5.15. The van der Waals surface area contributed by atoms with E-state index in [1.807, 2.05) is 6.92 Å². The summed E-state index contributed by atoms with van der Waals surface area (Å²) in [4.78, 5) is 42.3. The van der Waals surface area contributed by atoms with Crippen molar-refractivity contribution in [2.45, 2.75) is 51.5 Å². The lowest BCUT2D eigenvalue weighted by Crippen LogP contribution is -2.41. The molecule has 0 N–H and O–H groups in total. The van der Waals surface area contributed by atoms with Gasteiger partial charge in [0.05, 0.1) is 33.6 Å². The van der Waals surface area contributed by atoms with Gasteiger partial charge < -0.3 is 4.74 Å². The molecule has 2 aliphatic rings. The summed E-state index contributed by atoms with van der Waals surface area (Å²) in [5.74, 6) is -0.673. The quantitative estimate of drug-likeness (QED) is 0.423. The van der Waals surface area contributed by atoms with E-state index in [2.05, 4.69) is 4.99 Å². The molecule has 0 spiro atoms. The summed E-state index contributed by atoms with van der Waals surface area (Å²) in [6.07, 6.45) is 0.305. The zero-order chi connectivity index (χ0) is 20.6. The maximum absolute atomic E-state index is 13.0. The third kappa shape index (κ3) is 3.54. The molecule has 9 heteroatoms. The molecular weight excluding hydrogens is 382 g/mol. The fraction of sp³-hybridized carbons (Fsp3) is 0.421. The highest BCUT2D eigenvalue weighted by Gasteiger charge is 2.47. The van der Waals surface area contributed by atoms with Crippen molar-refractivity contribution in [3.05, 3.63) is 51.2 Å². The van der Waals surface area contributed by atoms with Crippen LogP contribution in [0.1, 0.15) is 45.7 Å². The molecule has 1 aromatic carbocycles. The second-order valence-electron chi connectivity index (χ2n) is 6.82. The van der Waals surface area contributed by atoms with Crippen LogP contribution in [-0.2, 0) is 14.3 Å². The number of aliphatic imine (C=N–C) groups is 1. The van der Waals surface area contributed by atoms with Gasteiger partial charge in [-0.05, 0) is 44.9 Å². The van der Waals surface area contributed by atoms with Gasteiger partial charge in [-0.1, -0.05) is 18.7 Å². The Bertz CT molecular complexity index is 891. The number of esters is 1. The summed E-state index contributed by atoms with van der Waals surface area (Å²) in [6.45, 7) is 7.12. The van der Waals surface area contributed by atoms with Crippen molar-refractivity contribution in [3.63, 3.8) is 0 Å². The SMILES string of the molecule is CCC1SC2=NC(C)=C(C(=O)OC(C)C)C(c3ccc([N+](=O)[O-])cc3)N2C1=O. The van der Waals surface area contributed by atoms with Crippen LogP contribution in [0.2, 0.25) is 0 Å². The van der Waals surface area contributed by atoms with Gasteiger partial charge in [0.15, 0.2) is 5.17 Å². The molecule has 1 fully saturated rings. The van der Waals surface area contributed by atoms with Crippen LogP contribution in [0, 0.1) is 10.1 Å². The Kier molecular flexibility index (Phi) is 5.55. The van der Waals surface area contributed by atoms with Crippen LogP contribution in [-0.4, -0.2) is 38.2 Å². The number of carbonyl (C=O) groups is 2. The van der Waals surface area contributed by atoms with Crippen molar-refractivity contribution in [2.24, 2.45) is 4.99 Å². The first-order valence-corrected chi connectivity index (χ1v) is 9.87. The van der Waals surface area contributed by atoms with Crippen molar-refractivity contribution < 1.29 is 19.2 Å². The van der Waals surface area contributed by atoms with Gasteiger partial charge >= 0.3 is 5.97 Å². The molecular formula is C19H21N3O5S. The first-order valence-electron chi connectivity index (χ1n) is 8.99. The summed E-state index contributed by atoms with van der Waals surface area (Å²) >= 11 is 1.37. The number of benzene rings is 1. The first kappa shape index (κ1) is 20.1. The number of fused-ring (bicyclic) bond motifs is 1. The van der Waals surface area contributed by atoms with E-state index in [1.165, 1.54) is 28.8 Å². The second kappa shape index (κ2) is 7.75. The number of rotatable bonds is 5. The zero-order valence-electron chi connectivity index (χ0n) is 16.0. The third-order valence-corrected chi connectivity index (χ3v) is 5.82. The van der Waals surface area contributed by atoms with Gasteiger partial charge in [0.1, 0.15) is 0 Å². The molecule has 2 aliphatic heterocycles. The average Bonchev–Trinajstić information content (AvgIpc) is 2.95. The molecule has 0 aromatic heterocycles. The van der Waals surface area contributed by atoms with Crippen molar-refractivity contribution in [1.29, 1.82) is 0 Å². The Balaban J connectivity index is 2.11. The summed E-state index contributed by atoms with van der Waals surface area (Å²) in [5.41, 5.74) is 1.29. The molecule has 0 aliphatic carbocycles. The minimum atomic E-state index is -0.726. The van der Waals surface area contributed by atoms with Crippen molar-refractivity contribution in [2.75, 3.05) is 0 Å². The van der Waals surface area contributed by atoms with Crippen molar-refractivity contribution in [3.8, 4) is 0 Å². The summed E-state index contributed by atoms with van der Waals surface area (Å²) in [5, 5.41) is 11.3. The van der Waals surface area contributed by atoms with Crippen molar-refractivity contribution >= 4 is 34.5 Å². The summed E-state index contributed by atoms with van der Waals surface area (Å²) < 4.78 is 5.39. The molecule has 1 aromatic rings. The number of hydrogen-bond donors (Lipinski definition) is 0. The monoisotopic (exact) mass is 403 g/mol. The van der Waals surface area contributed by atoms with E-state index in [0.717, 1.165) is 0 Å². The molecule has 148 valence electrons. The predicted molar refractivity (Wildman–Crippen MR) is 106 cm³/mol. The van der Waals surface area contributed by atoms with Crippen LogP contribution < -0.4 is 0 Å². The molecule has 2 unspecified atom stereocenters. The molecule has 0 saturated carbocycles. The Morgan fingerprint density at radius 2 is 2.00 bits per heavy atom. The van der Waals surface area contributed by atoms with Gasteiger partial charge in [-0.15, -0.1) is 0 Å². The standard InChI is InChI=1S/C19H21N3O5S/c1-5-14-17(23)21-16(12-6-8-13(9-7-12)22(25)26)15(18(24)27-10(2)3)11(4)20-19(21)28-14/h6-10,14,16H,5H2,1-4H3. The van der Waals surface area contributed by atoms with E-state index in [0.29, 0.717) is 22.8 Å². The molecule has 1 amide bonds. The van der Waals surface area contributed by atoms with E-state index < -0.39 is 16.9 Å². The lowest BCUT2D eigenvalue weighted by molar-refractivity contribution is -0.384. The molecule has 2 heterocycles. The highest BCUT2D eigenvalue weighted by atomic mass is 32.2. The Morgan fingerprint density at radius 3 is 2.54 bits per heavy atom. The molecule has 3 rings (SSSR count). The fourth-order valence-corrected chi connectivity index (χ4v) is 4.36. The number of carbonyl (C=O) groups excluding carboxylic acids is 2. The topological polar surface area (TPSA) is 102 Å². The first-order chi connectivity index (χ1) is 13.2. The van der Waals surface area contributed by atoms with Crippen LogP contribution in [0.4, 0.5) is 5.69 Å². The van der Waals surface area contributed by atoms with E-state index in [1.54, 1.807) is 32.9 Å². The smallest absolute Gasteiger partial charge is 0.338 e. The van der Waals surface area contributed by atoms with Gasteiger partial charge in [-0.2, -0.15) is 0 Å². The minimum absolute atomic E-state index is 0.0611. The Hall–Kier alpha value is -2.68. The van der Waals surface area contributed by atoms with Gasteiger partial charge in [0.2, 0.25) is 5.91 Å². The number of ether oxygens (including phenoxy) is 1. The molecule has 0 radical (unpaired) electrons. The lowest BCUT2D eigenvalue weighted by atomic mass is 9.94. The molecule has 1 saturated heterocycles. The highest BCUT2D eigenvalue weighted by molar-refractivity contribution is 8.15. The van der Waals surface area contributed by atoms with Crippen LogP contribution in [0.25, 0.3) is 0 Å². The zero-order valence-corrected chi connectivity index (χ0v) is 16.9. The summed E-state index contributed by atoms with van der Waals surface area (Å²) in [7, 11) is 0. The van der Waals surface area contributed by atoms with Gasteiger partial charge in [0.25, 0.3) is 5.69 Å². The highest BCUT2D eigenvalue weighted by Crippen LogP contribution is 2.44. The van der Waals surface area contributed by atoms with Gasteiger partial charge in [-0.25, -0.2) is 9.79 Å². The van der Waals surface area contributed by atoms with E-state index >= 15 is 0 Å². The van der Waals surface area contributed by atoms with Crippen LogP contribution >= 0.6 is 11.8 Å². The predicted octanol–water partition coefficient (Wildman–Crippen LogP) is 3.59. The number of nitro groups is 1. The number of amides is 1. The normalized spacial score (nSPS) is 21.7.